The molecule has 0 radical (unpaired) electrons. The largest absolute Gasteiger partial charge is 0.573 e. The van der Waals surface area contributed by atoms with Gasteiger partial charge >= 0.3 is 12.3 Å². The molecule has 0 fully saturated rings. The molecule has 0 aliphatic rings. The molecule has 20 heavy (non-hydrogen) atoms. The summed E-state index contributed by atoms with van der Waals surface area (Å²) in [5.41, 5.74) is 10.4. The van der Waals surface area contributed by atoms with Crippen molar-refractivity contribution in [3.8, 4) is 5.75 Å². The molecule has 0 saturated carbocycles. The Morgan fingerprint density at radius 2 is 2.10 bits per heavy atom. The predicted molar refractivity (Wildman–Crippen MR) is 63.6 cm³/mol. The van der Waals surface area contributed by atoms with Crippen LogP contribution in [0, 0.1) is 0 Å². The topological polar surface area (TPSA) is 100 Å². The normalized spacial score (nSPS) is 11.2. The number of nitrogens with two attached hydrogens (primary N) is 2. The molecule has 0 bridgehead atoms. The van der Waals surface area contributed by atoms with Gasteiger partial charge < -0.3 is 20.9 Å². The molecule has 0 atom stereocenters. The van der Waals surface area contributed by atoms with E-state index in [0.29, 0.717) is 0 Å². The summed E-state index contributed by atoms with van der Waals surface area (Å²) in [5.74, 6) is -1.37. The molecule has 4 N–H and O–H groups in total. The predicted octanol–water partition coefficient (Wildman–Crippen LogP) is 1.13. The van der Waals surface area contributed by atoms with E-state index in [1.54, 1.807) is 6.92 Å². The maximum Gasteiger partial charge on any atom is 0.573 e. The lowest BCUT2D eigenvalue weighted by atomic mass is 10.1. The van der Waals surface area contributed by atoms with Gasteiger partial charge in [0.25, 0.3) is 0 Å². The first-order valence-electron chi connectivity index (χ1n) is 5.66. The second-order valence-electron chi connectivity index (χ2n) is 3.71. The van der Waals surface area contributed by atoms with Gasteiger partial charge in [0.05, 0.1) is 24.4 Å². The lowest BCUT2D eigenvalue weighted by Crippen LogP contribution is -2.21. The van der Waals surface area contributed by atoms with Crippen LogP contribution in [-0.2, 0) is 22.5 Å². The van der Waals surface area contributed by atoms with Crippen LogP contribution in [-0.4, -0.2) is 23.9 Å². The maximum atomic E-state index is 12.4. The monoisotopic (exact) mass is 293 g/mol. The molecule has 0 amide bonds. The Kier molecular flexibility index (Phi) is 5.14. The summed E-state index contributed by atoms with van der Waals surface area (Å²) in [7, 11) is 0. The minimum atomic E-state index is -4.94. The van der Waals surface area contributed by atoms with Gasteiger partial charge in [-0.1, -0.05) is 0 Å². The first-order valence-corrected chi connectivity index (χ1v) is 5.66. The van der Waals surface area contributed by atoms with E-state index in [2.05, 4.69) is 14.5 Å². The molecule has 1 aromatic heterocycles. The SMILES string of the molecule is CCOC(=O)Cc1cnc(CN)c(N)c1OC(F)(F)F. The van der Waals surface area contributed by atoms with E-state index in [4.69, 9.17) is 11.5 Å². The molecule has 0 saturated heterocycles. The van der Waals surface area contributed by atoms with Crippen molar-refractivity contribution < 1.29 is 27.4 Å². The third-order valence-corrected chi connectivity index (χ3v) is 2.27. The molecule has 0 aliphatic carbocycles. The van der Waals surface area contributed by atoms with Gasteiger partial charge in [-0.05, 0) is 6.92 Å². The zero-order valence-electron chi connectivity index (χ0n) is 10.7. The minimum absolute atomic E-state index is 0.0526. The molecular weight excluding hydrogens is 279 g/mol. The Hall–Kier alpha value is -2.03. The van der Waals surface area contributed by atoms with Gasteiger partial charge in [0, 0.05) is 18.3 Å². The number of alkyl halides is 3. The molecule has 1 rings (SSSR count). The Balaban J connectivity index is 3.15. The van der Waals surface area contributed by atoms with Crippen molar-refractivity contribution in [1.29, 1.82) is 0 Å². The molecule has 0 aliphatic heterocycles. The van der Waals surface area contributed by atoms with Crippen LogP contribution in [0.3, 0.4) is 0 Å². The lowest BCUT2D eigenvalue weighted by Gasteiger charge is -2.16. The van der Waals surface area contributed by atoms with Crippen LogP contribution < -0.4 is 16.2 Å². The summed E-state index contributed by atoms with van der Waals surface area (Å²) in [5, 5.41) is 0. The Morgan fingerprint density at radius 3 is 2.60 bits per heavy atom. The molecule has 6 nitrogen and oxygen atoms in total. The van der Waals surface area contributed by atoms with Gasteiger partial charge in [0.15, 0.2) is 5.75 Å². The molecule has 0 aromatic carbocycles. The number of nitrogen functional groups attached to an aromatic ring is 1. The van der Waals surface area contributed by atoms with Gasteiger partial charge in [0.2, 0.25) is 0 Å². The molecule has 112 valence electrons. The van der Waals surface area contributed by atoms with E-state index in [0.717, 1.165) is 6.20 Å². The van der Waals surface area contributed by atoms with Gasteiger partial charge in [-0.15, -0.1) is 13.2 Å². The number of ether oxygens (including phenoxy) is 2. The molecule has 0 unspecified atom stereocenters. The number of rotatable bonds is 5. The summed E-state index contributed by atoms with van der Waals surface area (Å²) < 4.78 is 45.6. The summed E-state index contributed by atoms with van der Waals surface area (Å²) in [4.78, 5) is 15.1. The van der Waals surface area contributed by atoms with Gasteiger partial charge in [-0.2, -0.15) is 0 Å². The number of esters is 1. The average molecular weight is 293 g/mol. The number of hydrogen-bond acceptors (Lipinski definition) is 6. The molecule has 0 spiro atoms. The number of anilines is 1. The van der Waals surface area contributed by atoms with Crippen molar-refractivity contribution in [2.24, 2.45) is 5.73 Å². The zero-order valence-corrected chi connectivity index (χ0v) is 10.7. The van der Waals surface area contributed by atoms with Crippen LogP contribution in [0.5, 0.6) is 5.75 Å². The highest BCUT2D eigenvalue weighted by Gasteiger charge is 2.34. The van der Waals surface area contributed by atoms with Crippen LogP contribution in [0.2, 0.25) is 0 Å². The van der Waals surface area contributed by atoms with Crippen LogP contribution >= 0.6 is 0 Å². The van der Waals surface area contributed by atoms with Crippen LogP contribution in [0.4, 0.5) is 18.9 Å². The number of aromatic nitrogens is 1. The fourth-order valence-corrected chi connectivity index (χ4v) is 1.48. The Morgan fingerprint density at radius 1 is 1.45 bits per heavy atom. The first kappa shape index (κ1) is 16.0. The van der Waals surface area contributed by atoms with Gasteiger partial charge in [-0.3, -0.25) is 9.78 Å². The second-order valence-corrected chi connectivity index (χ2v) is 3.71. The fraction of sp³-hybridized carbons (Fsp3) is 0.455. The third kappa shape index (κ3) is 4.26. The molecule has 1 aromatic rings. The van der Waals surface area contributed by atoms with Crippen molar-refractivity contribution in [1.82, 2.24) is 4.98 Å². The number of carbonyl (C=O) groups excluding carboxylic acids is 1. The Bertz CT molecular complexity index is 492. The smallest absolute Gasteiger partial charge is 0.466 e. The Labute approximate surface area is 112 Å². The quantitative estimate of drug-likeness (QED) is 0.789. The van der Waals surface area contributed by atoms with Crippen molar-refractivity contribution in [3.63, 3.8) is 0 Å². The maximum absolute atomic E-state index is 12.4. The molecular formula is C11H14F3N3O3. The number of pyridine rings is 1. The number of halogens is 3. The van der Waals surface area contributed by atoms with E-state index < -0.39 is 24.5 Å². The van der Waals surface area contributed by atoms with Crippen molar-refractivity contribution in [2.75, 3.05) is 12.3 Å². The second kappa shape index (κ2) is 6.42. The van der Waals surface area contributed by atoms with Crippen molar-refractivity contribution in [3.05, 3.63) is 17.5 Å². The van der Waals surface area contributed by atoms with Crippen molar-refractivity contribution in [2.45, 2.75) is 26.3 Å². The fourth-order valence-electron chi connectivity index (χ4n) is 1.48. The minimum Gasteiger partial charge on any atom is -0.466 e. The van der Waals surface area contributed by atoms with E-state index >= 15 is 0 Å². The highest BCUT2D eigenvalue weighted by Crippen LogP contribution is 2.33. The van der Waals surface area contributed by atoms with E-state index in [9.17, 15) is 18.0 Å². The van der Waals surface area contributed by atoms with Crippen molar-refractivity contribution >= 4 is 11.7 Å². The summed E-state index contributed by atoms with van der Waals surface area (Å²) in [6.07, 6.45) is -4.30. The van der Waals surface area contributed by atoms with E-state index in [1.807, 2.05) is 0 Å². The number of nitrogens with zero attached hydrogens (tertiary/aromatic N) is 1. The van der Waals surface area contributed by atoms with Crippen LogP contribution in [0.1, 0.15) is 18.2 Å². The summed E-state index contributed by atoms with van der Waals surface area (Å²) >= 11 is 0. The van der Waals surface area contributed by atoms with Gasteiger partial charge in [0.1, 0.15) is 0 Å². The van der Waals surface area contributed by atoms with E-state index in [-0.39, 0.29) is 30.1 Å². The summed E-state index contributed by atoms with van der Waals surface area (Å²) in [6, 6.07) is 0. The number of carbonyl (C=O) groups is 1. The lowest BCUT2D eigenvalue weighted by molar-refractivity contribution is -0.274. The number of hydrogen-bond donors (Lipinski definition) is 2. The third-order valence-electron chi connectivity index (χ3n) is 2.27. The summed E-state index contributed by atoms with van der Waals surface area (Å²) in [6.45, 7) is 1.53. The van der Waals surface area contributed by atoms with Crippen LogP contribution in [0.25, 0.3) is 0 Å². The van der Waals surface area contributed by atoms with Gasteiger partial charge in [-0.25, -0.2) is 0 Å². The molecule has 9 heteroatoms. The average Bonchev–Trinajstić information content (AvgIpc) is 2.33. The zero-order chi connectivity index (χ0) is 15.3. The highest BCUT2D eigenvalue weighted by atomic mass is 19.4. The molecule has 1 heterocycles. The first-order chi connectivity index (χ1) is 9.28. The standard InChI is InChI=1S/C11H14F3N3O3/c1-2-19-8(18)3-6-5-17-7(4-15)9(16)10(6)20-11(12,13)14/h5H,2-4,15-16H2,1H3. The highest BCUT2D eigenvalue weighted by molar-refractivity contribution is 5.75. The van der Waals surface area contributed by atoms with E-state index in [1.165, 1.54) is 0 Å². The van der Waals surface area contributed by atoms with Crippen LogP contribution in [0.15, 0.2) is 6.20 Å².